The number of aliphatic hydroxyl groups is 1. The third-order valence-corrected chi connectivity index (χ3v) is 3.24. The molecule has 1 saturated heterocycles. The van der Waals surface area contributed by atoms with Crippen LogP contribution in [0, 0.1) is 17.2 Å². The Labute approximate surface area is 100 Å². The molecule has 0 radical (unpaired) electrons. The maximum Gasteiger partial charge on any atom is 0.151 e. The summed E-state index contributed by atoms with van der Waals surface area (Å²) in [6.07, 6.45) is 2.08. The highest BCUT2D eigenvalue weighted by Gasteiger charge is 2.26. The van der Waals surface area contributed by atoms with Crippen LogP contribution in [0.15, 0.2) is 12.3 Å². The Morgan fingerprint density at radius 2 is 2.41 bits per heavy atom. The number of anilines is 2. The zero-order chi connectivity index (χ0) is 12.4. The molecule has 0 amide bonds. The Morgan fingerprint density at radius 1 is 1.65 bits per heavy atom. The van der Waals surface area contributed by atoms with Crippen LogP contribution in [0.2, 0.25) is 0 Å². The number of aliphatic hydroxyl groups excluding tert-OH is 1. The average Bonchev–Trinajstić information content (AvgIpc) is 2.32. The van der Waals surface area contributed by atoms with E-state index in [-0.39, 0.29) is 6.10 Å². The predicted molar refractivity (Wildman–Crippen MR) is 65.4 cm³/mol. The van der Waals surface area contributed by atoms with Crippen LogP contribution in [0.25, 0.3) is 0 Å². The molecule has 2 unspecified atom stereocenters. The van der Waals surface area contributed by atoms with Crippen molar-refractivity contribution in [2.75, 3.05) is 23.7 Å². The van der Waals surface area contributed by atoms with Crippen LogP contribution in [0.3, 0.4) is 0 Å². The van der Waals surface area contributed by atoms with E-state index < -0.39 is 0 Å². The normalized spacial score (nSPS) is 24.4. The second-order valence-corrected chi connectivity index (χ2v) is 4.53. The lowest BCUT2D eigenvalue weighted by molar-refractivity contribution is 0.102. The molecule has 1 aromatic heterocycles. The molecule has 17 heavy (non-hydrogen) atoms. The first-order valence-electron chi connectivity index (χ1n) is 5.70. The maximum atomic E-state index is 9.84. The summed E-state index contributed by atoms with van der Waals surface area (Å²) in [6.45, 7) is 3.42. The molecule has 5 nitrogen and oxygen atoms in total. The summed E-state index contributed by atoms with van der Waals surface area (Å²) in [5.41, 5.74) is 6.82. The van der Waals surface area contributed by atoms with Crippen LogP contribution in [-0.4, -0.2) is 29.3 Å². The number of nitrogens with two attached hydrogens (primary N) is 1. The third-order valence-electron chi connectivity index (χ3n) is 3.24. The molecule has 2 heterocycles. The van der Waals surface area contributed by atoms with Crippen molar-refractivity contribution in [1.29, 1.82) is 5.26 Å². The monoisotopic (exact) mass is 232 g/mol. The van der Waals surface area contributed by atoms with E-state index in [9.17, 15) is 5.11 Å². The fourth-order valence-electron chi connectivity index (χ4n) is 2.04. The van der Waals surface area contributed by atoms with Crippen molar-refractivity contribution in [3.63, 3.8) is 0 Å². The van der Waals surface area contributed by atoms with Crippen LogP contribution in [0.4, 0.5) is 11.5 Å². The molecule has 0 bridgehead atoms. The van der Waals surface area contributed by atoms with E-state index in [0.717, 1.165) is 13.0 Å². The van der Waals surface area contributed by atoms with E-state index in [2.05, 4.69) is 4.98 Å². The van der Waals surface area contributed by atoms with Gasteiger partial charge < -0.3 is 15.7 Å². The summed E-state index contributed by atoms with van der Waals surface area (Å²) < 4.78 is 0. The van der Waals surface area contributed by atoms with Gasteiger partial charge >= 0.3 is 0 Å². The molecular formula is C12H16N4O. The Bertz CT molecular complexity index is 454. The first kappa shape index (κ1) is 11.7. The second-order valence-electron chi connectivity index (χ2n) is 4.53. The average molecular weight is 232 g/mol. The highest BCUT2D eigenvalue weighted by molar-refractivity contribution is 5.64. The Hall–Kier alpha value is -1.80. The van der Waals surface area contributed by atoms with Gasteiger partial charge in [0.15, 0.2) is 5.82 Å². The zero-order valence-electron chi connectivity index (χ0n) is 9.80. The van der Waals surface area contributed by atoms with Crippen molar-refractivity contribution < 1.29 is 5.11 Å². The number of nitrogen functional groups attached to an aromatic ring is 1. The number of pyridine rings is 1. The number of rotatable bonds is 1. The second kappa shape index (κ2) is 4.60. The zero-order valence-corrected chi connectivity index (χ0v) is 9.80. The molecule has 90 valence electrons. The number of hydrogen-bond donors (Lipinski definition) is 2. The lowest BCUT2D eigenvalue weighted by Crippen LogP contribution is -2.43. The summed E-state index contributed by atoms with van der Waals surface area (Å²) in [7, 11) is 0. The van der Waals surface area contributed by atoms with Crippen LogP contribution in [-0.2, 0) is 0 Å². The summed E-state index contributed by atoms with van der Waals surface area (Å²) in [4.78, 5) is 6.17. The molecule has 0 aliphatic carbocycles. The lowest BCUT2D eigenvalue weighted by Gasteiger charge is -2.35. The van der Waals surface area contributed by atoms with Gasteiger partial charge in [0, 0.05) is 19.3 Å². The quantitative estimate of drug-likeness (QED) is 0.746. The van der Waals surface area contributed by atoms with Gasteiger partial charge in [-0.15, -0.1) is 0 Å². The fourth-order valence-corrected chi connectivity index (χ4v) is 2.04. The van der Waals surface area contributed by atoms with Gasteiger partial charge in [-0.25, -0.2) is 4.98 Å². The van der Waals surface area contributed by atoms with Gasteiger partial charge in [0.25, 0.3) is 0 Å². The van der Waals surface area contributed by atoms with Gasteiger partial charge in [-0.1, -0.05) is 6.92 Å². The smallest absolute Gasteiger partial charge is 0.151 e. The van der Waals surface area contributed by atoms with Crippen molar-refractivity contribution in [2.45, 2.75) is 19.4 Å². The van der Waals surface area contributed by atoms with Gasteiger partial charge in [-0.3, -0.25) is 0 Å². The molecule has 1 fully saturated rings. The molecule has 2 rings (SSSR count). The van der Waals surface area contributed by atoms with Crippen LogP contribution in [0.5, 0.6) is 0 Å². The van der Waals surface area contributed by atoms with Crippen molar-refractivity contribution >= 4 is 11.5 Å². The molecule has 1 aliphatic rings. The fraction of sp³-hybridized carbons (Fsp3) is 0.500. The van der Waals surface area contributed by atoms with Gasteiger partial charge in [-0.2, -0.15) is 5.26 Å². The van der Waals surface area contributed by atoms with E-state index >= 15 is 0 Å². The van der Waals surface area contributed by atoms with Crippen molar-refractivity contribution in [3.8, 4) is 6.07 Å². The van der Waals surface area contributed by atoms with E-state index in [4.69, 9.17) is 11.0 Å². The van der Waals surface area contributed by atoms with Crippen molar-refractivity contribution in [1.82, 2.24) is 4.98 Å². The Balaban J connectivity index is 2.21. The van der Waals surface area contributed by atoms with Crippen molar-refractivity contribution in [2.24, 2.45) is 5.92 Å². The molecular weight excluding hydrogens is 216 g/mol. The van der Waals surface area contributed by atoms with Crippen LogP contribution >= 0.6 is 0 Å². The van der Waals surface area contributed by atoms with E-state index in [1.54, 1.807) is 6.07 Å². The minimum atomic E-state index is -0.347. The minimum absolute atomic E-state index is 0.311. The molecule has 0 aromatic carbocycles. The largest absolute Gasteiger partial charge is 0.396 e. The molecule has 3 N–H and O–H groups in total. The van der Waals surface area contributed by atoms with Gasteiger partial charge in [0.2, 0.25) is 0 Å². The van der Waals surface area contributed by atoms with Crippen LogP contribution < -0.4 is 10.6 Å². The number of β-amino-alcohol motifs (C(OH)–C–C–N with tert-alkyl or cyclic N) is 1. The molecule has 2 atom stereocenters. The number of aromatic nitrogens is 1. The Morgan fingerprint density at radius 3 is 3.00 bits per heavy atom. The van der Waals surface area contributed by atoms with E-state index in [1.165, 1.54) is 6.20 Å². The molecule has 0 saturated carbocycles. The maximum absolute atomic E-state index is 9.84. The van der Waals surface area contributed by atoms with Gasteiger partial charge in [-0.05, 0) is 18.4 Å². The number of nitrogens with zero attached hydrogens (tertiary/aromatic N) is 3. The molecule has 1 aliphatic heterocycles. The van der Waals surface area contributed by atoms with E-state index in [1.807, 2.05) is 17.9 Å². The van der Waals surface area contributed by atoms with Crippen molar-refractivity contribution in [3.05, 3.63) is 17.8 Å². The minimum Gasteiger partial charge on any atom is -0.396 e. The number of piperidine rings is 1. The van der Waals surface area contributed by atoms with Gasteiger partial charge in [0.1, 0.15) is 6.07 Å². The number of nitriles is 1. The van der Waals surface area contributed by atoms with Crippen LogP contribution in [0.1, 0.15) is 18.9 Å². The third kappa shape index (κ3) is 2.32. The first-order valence-corrected chi connectivity index (χ1v) is 5.70. The van der Waals surface area contributed by atoms with E-state index in [0.29, 0.717) is 29.5 Å². The standard InChI is InChI=1S/C12H16N4O/c1-8-2-3-16(7-11(8)17)12-10(14)4-9(5-13)6-15-12/h4,6,8,11,17H,2-3,7,14H2,1H3. The highest BCUT2D eigenvalue weighted by atomic mass is 16.3. The lowest BCUT2D eigenvalue weighted by atomic mass is 9.96. The summed E-state index contributed by atoms with van der Waals surface area (Å²) >= 11 is 0. The predicted octanol–water partition coefficient (Wildman–Crippen LogP) is 0.743. The Kier molecular flexibility index (Phi) is 3.16. The highest BCUT2D eigenvalue weighted by Crippen LogP contribution is 2.26. The summed E-state index contributed by atoms with van der Waals surface area (Å²) in [6, 6.07) is 3.62. The molecule has 0 spiro atoms. The number of hydrogen-bond acceptors (Lipinski definition) is 5. The first-order chi connectivity index (χ1) is 8.11. The topological polar surface area (TPSA) is 86.2 Å². The molecule has 1 aromatic rings. The molecule has 5 heteroatoms. The summed E-state index contributed by atoms with van der Waals surface area (Å²) in [5, 5.41) is 18.6. The summed E-state index contributed by atoms with van der Waals surface area (Å²) in [5.74, 6) is 0.973. The SMILES string of the molecule is CC1CCN(c2ncc(C#N)cc2N)CC1O. The van der Waals surface area contributed by atoms with Gasteiger partial charge in [0.05, 0.1) is 17.4 Å².